The van der Waals surface area contributed by atoms with E-state index in [0.29, 0.717) is 12.3 Å². The van der Waals surface area contributed by atoms with Gasteiger partial charge in [-0.2, -0.15) is 0 Å². The summed E-state index contributed by atoms with van der Waals surface area (Å²) in [6.45, 7) is 3.90. The molecule has 0 aliphatic carbocycles. The molecule has 0 saturated heterocycles. The number of hydrogen-bond donors (Lipinski definition) is 3. The molecular weight excluding hydrogens is 132 g/mol. The van der Waals surface area contributed by atoms with Gasteiger partial charge in [0, 0.05) is 0 Å². The van der Waals surface area contributed by atoms with Crippen LogP contribution in [0.1, 0.15) is 20.3 Å². The third-order valence-electron chi connectivity index (χ3n) is 1.15. The van der Waals surface area contributed by atoms with Crippen molar-refractivity contribution < 1.29 is 10.3 Å². The van der Waals surface area contributed by atoms with Crippen molar-refractivity contribution in [3.8, 4) is 0 Å². The summed E-state index contributed by atoms with van der Waals surface area (Å²) in [5, 5.41) is 19.9. The number of hydrogen-bond acceptors (Lipinski definition) is 3. The van der Waals surface area contributed by atoms with Crippen molar-refractivity contribution in [2.75, 3.05) is 0 Å². The van der Waals surface area contributed by atoms with Crippen LogP contribution in [0.5, 0.6) is 0 Å². The van der Waals surface area contributed by atoms with Crippen LogP contribution in [0.2, 0.25) is 0 Å². The highest BCUT2D eigenvalue weighted by molar-refractivity contribution is 5.83. The Kier molecular flexibility index (Phi) is 3.79. The van der Waals surface area contributed by atoms with E-state index in [9.17, 15) is 0 Å². The fraction of sp³-hybridized carbons (Fsp3) is 0.833. The van der Waals surface area contributed by atoms with Crippen molar-refractivity contribution in [1.29, 1.82) is 0 Å². The van der Waals surface area contributed by atoms with Crippen molar-refractivity contribution in [3.05, 3.63) is 0 Å². The van der Waals surface area contributed by atoms with Crippen molar-refractivity contribution in [2.45, 2.75) is 26.4 Å². The minimum atomic E-state index is -0.815. The van der Waals surface area contributed by atoms with Crippen LogP contribution in [0.25, 0.3) is 0 Å². The number of oxime groups is 1. The molecule has 0 aromatic rings. The second kappa shape index (κ2) is 4.11. The van der Waals surface area contributed by atoms with E-state index in [4.69, 9.17) is 16.0 Å². The normalized spacial score (nSPS) is 15.8. The first-order valence-corrected chi connectivity index (χ1v) is 3.23. The zero-order valence-electron chi connectivity index (χ0n) is 6.28. The first-order valence-electron chi connectivity index (χ1n) is 3.23. The third kappa shape index (κ3) is 3.29. The SMILES string of the molecule is CC(C)CC(O)/C(N)=N/O. The molecular formula is C6H14N2O2. The van der Waals surface area contributed by atoms with E-state index in [1.807, 2.05) is 13.8 Å². The van der Waals surface area contributed by atoms with Gasteiger partial charge < -0.3 is 16.0 Å². The molecule has 0 rings (SSSR count). The Bertz CT molecular complexity index is 123. The Labute approximate surface area is 60.3 Å². The maximum Gasteiger partial charge on any atom is 0.168 e. The summed E-state index contributed by atoms with van der Waals surface area (Å²) < 4.78 is 0. The van der Waals surface area contributed by atoms with Crippen LogP contribution in [-0.4, -0.2) is 22.3 Å². The highest BCUT2D eigenvalue weighted by atomic mass is 16.4. The molecule has 10 heavy (non-hydrogen) atoms. The van der Waals surface area contributed by atoms with Gasteiger partial charge in [-0.1, -0.05) is 19.0 Å². The standard InChI is InChI=1S/C6H14N2O2/c1-4(2)3-5(9)6(7)8-10/h4-5,9-10H,3H2,1-2H3,(H2,7,8). The second-order valence-electron chi connectivity index (χ2n) is 2.67. The second-order valence-corrected chi connectivity index (χ2v) is 2.67. The van der Waals surface area contributed by atoms with Gasteiger partial charge in [-0.25, -0.2) is 0 Å². The molecule has 0 aromatic heterocycles. The van der Waals surface area contributed by atoms with Gasteiger partial charge in [0.2, 0.25) is 0 Å². The van der Waals surface area contributed by atoms with Crippen LogP contribution < -0.4 is 5.73 Å². The van der Waals surface area contributed by atoms with E-state index < -0.39 is 6.10 Å². The van der Waals surface area contributed by atoms with E-state index in [0.717, 1.165) is 0 Å². The van der Waals surface area contributed by atoms with Crippen LogP contribution in [0.3, 0.4) is 0 Å². The topological polar surface area (TPSA) is 78.8 Å². The smallest absolute Gasteiger partial charge is 0.168 e. The fourth-order valence-corrected chi connectivity index (χ4v) is 0.634. The molecule has 4 nitrogen and oxygen atoms in total. The zero-order chi connectivity index (χ0) is 8.15. The zero-order valence-corrected chi connectivity index (χ0v) is 6.28. The summed E-state index contributed by atoms with van der Waals surface area (Å²) in [7, 11) is 0. The van der Waals surface area contributed by atoms with Gasteiger partial charge in [0.1, 0.15) is 6.10 Å². The average molecular weight is 146 g/mol. The maximum atomic E-state index is 9.07. The van der Waals surface area contributed by atoms with E-state index in [1.165, 1.54) is 0 Å². The molecule has 4 heteroatoms. The predicted octanol–water partition coefficient (Wildman–Crippen LogP) is 0.140. The summed E-state index contributed by atoms with van der Waals surface area (Å²) in [6.07, 6.45) is -0.291. The minimum absolute atomic E-state index is 0.117. The van der Waals surface area contributed by atoms with Crippen molar-refractivity contribution in [1.82, 2.24) is 0 Å². The van der Waals surface area contributed by atoms with Crippen molar-refractivity contribution in [3.63, 3.8) is 0 Å². The van der Waals surface area contributed by atoms with E-state index in [-0.39, 0.29) is 5.84 Å². The lowest BCUT2D eigenvalue weighted by Crippen LogP contribution is -2.29. The molecule has 0 bridgehead atoms. The lowest BCUT2D eigenvalue weighted by molar-refractivity contribution is 0.202. The lowest BCUT2D eigenvalue weighted by Gasteiger charge is -2.09. The van der Waals surface area contributed by atoms with Gasteiger partial charge in [-0.05, 0) is 12.3 Å². The highest BCUT2D eigenvalue weighted by Gasteiger charge is 2.10. The Morgan fingerprint density at radius 3 is 2.40 bits per heavy atom. The molecule has 0 spiro atoms. The van der Waals surface area contributed by atoms with Gasteiger partial charge in [0.15, 0.2) is 5.84 Å². The molecule has 0 aromatic carbocycles. The molecule has 0 radical (unpaired) electrons. The van der Waals surface area contributed by atoms with Gasteiger partial charge in [0.25, 0.3) is 0 Å². The molecule has 0 aliphatic rings. The maximum absolute atomic E-state index is 9.07. The van der Waals surface area contributed by atoms with Crippen molar-refractivity contribution in [2.24, 2.45) is 16.8 Å². The van der Waals surface area contributed by atoms with Crippen LogP contribution in [-0.2, 0) is 0 Å². The summed E-state index contributed by atoms with van der Waals surface area (Å²) in [5.41, 5.74) is 5.11. The molecule has 0 aliphatic heterocycles. The van der Waals surface area contributed by atoms with Gasteiger partial charge >= 0.3 is 0 Å². The Hall–Kier alpha value is -0.770. The first kappa shape index (κ1) is 9.23. The number of nitrogens with zero attached hydrogens (tertiary/aromatic N) is 1. The van der Waals surface area contributed by atoms with Crippen LogP contribution in [0.4, 0.5) is 0 Å². The average Bonchev–Trinajstić information content (AvgIpc) is 1.85. The summed E-state index contributed by atoms with van der Waals surface area (Å²) in [4.78, 5) is 0. The largest absolute Gasteiger partial charge is 0.409 e. The van der Waals surface area contributed by atoms with Gasteiger partial charge in [-0.3, -0.25) is 0 Å². The summed E-state index contributed by atoms with van der Waals surface area (Å²) in [5.74, 6) is 0.226. The fourth-order valence-electron chi connectivity index (χ4n) is 0.634. The molecule has 0 amide bonds. The van der Waals surface area contributed by atoms with E-state index in [2.05, 4.69) is 5.16 Å². The number of amidine groups is 1. The number of nitrogens with two attached hydrogens (primary N) is 1. The van der Waals surface area contributed by atoms with Crippen molar-refractivity contribution >= 4 is 5.84 Å². The van der Waals surface area contributed by atoms with E-state index in [1.54, 1.807) is 0 Å². The summed E-state index contributed by atoms with van der Waals surface area (Å²) in [6, 6.07) is 0. The first-order chi connectivity index (χ1) is 4.57. The number of aliphatic hydroxyl groups is 1. The van der Waals surface area contributed by atoms with Crippen LogP contribution >= 0.6 is 0 Å². The molecule has 4 N–H and O–H groups in total. The van der Waals surface area contributed by atoms with E-state index >= 15 is 0 Å². The Morgan fingerprint density at radius 1 is 1.60 bits per heavy atom. The quantitative estimate of drug-likeness (QED) is 0.229. The van der Waals surface area contributed by atoms with Gasteiger partial charge in [0.05, 0.1) is 0 Å². The number of rotatable bonds is 3. The molecule has 0 saturated carbocycles. The lowest BCUT2D eigenvalue weighted by atomic mass is 10.1. The molecule has 60 valence electrons. The third-order valence-corrected chi connectivity index (χ3v) is 1.15. The van der Waals surface area contributed by atoms with Gasteiger partial charge in [-0.15, -0.1) is 0 Å². The monoisotopic (exact) mass is 146 g/mol. The predicted molar refractivity (Wildman–Crippen MR) is 38.9 cm³/mol. The van der Waals surface area contributed by atoms with Crippen LogP contribution in [0.15, 0.2) is 5.16 Å². The van der Waals surface area contributed by atoms with Crippen LogP contribution in [0, 0.1) is 5.92 Å². The molecule has 1 atom stereocenters. The highest BCUT2D eigenvalue weighted by Crippen LogP contribution is 2.03. The Morgan fingerprint density at radius 2 is 2.10 bits per heavy atom. The summed E-state index contributed by atoms with van der Waals surface area (Å²) >= 11 is 0. The minimum Gasteiger partial charge on any atom is -0.409 e. The molecule has 1 unspecified atom stereocenters. The Balaban J connectivity index is 3.73. The molecule has 0 heterocycles. The number of aliphatic hydroxyl groups excluding tert-OH is 1. The molecule has 0 fully saturated rings.